The second-order valence-electron chi connectivity index (χ2n) is 10.4. The zero-order valence-electron chi connectivity index (χ0n) is 23.7. The van der Waals surface area contributed by atoms with E-state index in [2.05, 4.69) is 28.8 Å². The number of fused-ring (bicyclic) bond motifs is 1. The molecule has 0 N–H and O–H groups in total. The average molecular weight is 552 g/mol. The lowest BCUT2D eigenvalue weighted by molar-refractivity contribution is 0.0913. The largest absolute Gasteiger partial charge is 0.494 e. The molecule has 0 aliphatic carbocycles. The van der Waals surface area contributed by atoms with Crippen LogP contribution in [0, 0.1) is 5.92 Å². The summed E-state index contributed by atoms with van der Waals surface area (Å²) in [5, 5.41) is 0.706. The van der Waals surface area contributed by atoms with Gasteiger partial charge in [0.05, 0.1) is 22.7 Å². The molecule has 0 unspecified atom stereocenters. The number of rotatable bonds is 11. The number of carbonyl (C=O) groups excluding carboxylic acids is 1. The van der Waals surface area contributed by atoms with Crippen molar-refractivity contribution in [3.63, 3.8) is 0 Å². The Labute approximate surface area is 233 Å². The van der Waals surface area contributed by atoms with Crippen LogP contribution in [-0.2, 0) is 9.84 Å². The van der Waals surface area contributed by atoms with Crippen molar-refractivity contribution in [2.75, 3.05) is 44.7 Å². The smallest absolute Gasteiger partial charge is 0.210 e. The molecule has 4 rings (SSSR count). The first-order chi connectivity index (χ1) is 18.8. The van der Waals surface area contributed by atoms with Gasteiger partial charge in [0.15, 0.2) is 5.78 Å². The Morgan fingerprint density at radius 2 is 1.74 bits per heavy atom. The highest BCUT2D eigenvalue weighted by atomic mass is 32.2. The number of ether oxygens (including phenoxy) is 1. The van der Waals surface area contributed by atoms with Gasteiger partial charge >= 0.3 is 0 Å². The maximum absolute atomic E-state index is 14.1. The van der Waals surface area contributed by atoms with Crippen molar-refractivity contribution in [2.45, 2.75) is 62.7 Å². The summed E-state index contributed by atoms with van der Waals surface area (Å²) in [7, 11) is -1.81. The summed E-state index contributed by atoms with van der Waals surface area (Å²) in [6.45, 7) is 9.92. The van der Waals surface area contributed by atoms with Crippen LogP contribution in [0.3, 0.4) is 0 Å². The number of carbonyl (C=O) groups is 1. The number of Topliss-reactive ketones (excluding diaryl/α,β-unsaturated/α-hetero) is 1. The van der Waals surface area contributed by atoms with Gasteiger partial charge in [0.2, 0.25) is 9.84 Å². The van der Waals surface area contributed by atoms with E-state index in [9.17, 15) is 13.2 Å². The number of ketones is 1. The lowest BCUT2D eigenvalue weighted by atomic mass is 9.92. The van der Waals surface area contributed by atoms with Crippen molar-refractivity contribution in [3.05, 3.63) is 54.2 Å². The van der Waals surface area contributed by atoms with Crippen LogP contribution in [0.15, 0.2) is 58.5 Å². The molecule has 0 saturated carbocycles. The number of anilines is 1. The van der Waals surface area contributed by atoms with E-state index >= 15 is 0 Å². The Hall–Kier alpha value is -2.97. The fraction of sp³-hybridized carbons (Fsp3) is 0.484. The van der Waals surface area contributed by atoms with Gasteiger partial charge in [-0.25, -0.2) is 8.42 Å². The average Bonchev–Trinajstić information content (AvgIpc) is 3.17. The number of nitrogens with zero attached hydrogens (tertiary/aromatic N) is 3. The Morgan fingerprint density at radius 1 is 1.00 bits per heavy atom. The minimum Gasteiger partial charge on any atom is -0.494 e. The lowest BCUT2D eigenvalue weighted by Gasteiger charge is -2.27. The van der Waals surface area contributed by atoms with Crippen LogP contribution in [0.5, 0.6) is 5.75 Å². The summed E-state index contributed by atoms with van der Waals surface area (Å²) in [4.78, 5) is 22.7. The second kappa shape index (κ2) is 12.9. The minimum atomic E-state index is -3.89. The number of likely N-dealkylation sites (N-methyl/N-ethyl adjacent to an activating group) is 1. The number of unbranched alkanes of at least 4 members (excludes halogenated alkanes) is 1. The van der Waals surface area contributed by atoms with Crippen molar-refractivity contribution in [2.24, 2.45) is 5.92 Å². The van der Waals surface area contributed by atoms with Crippen molar-refractivity contribution >= 4 is 32.2 Å². The van der Waals surface area contributed by atoms with Gasteiger partial charge in [0.25, 0.3) is 0 Å². The maximum atomic E-state index is 14.1. The third kappa shape index (κ3) is 6.44. The Balaban J connectivity index is 1.84. The molecule has 0 amide bonds. The van der Waals surface area contributed by atoms with E-state index < -0.39 is 9.84 Å². The highest BCUT2D eigenvalue weighted by molar-refractivity contribution is 7.91. The molecule has 2 heterocycles. The molecule has 1 aliphatic rings. The molecule has 1 saturated heterocycles. The molecule has 2 aromatic carbocycles. The van der Waals surface area contributed by atoms with Crippen LogP contribution in [-0.4, -0.2) is 63.9 Å². The quantitative estimate of drug-likeness (QED) is 0.213. The molecule has 1 aromatic heterocycles. The van der Waals surface area contributed by atoms with Gasteiger partial charge in [-0.3, -0.25) is 9.78 Å². The lowest BCUT2D eigenvalue weighted by Crippen LogP contribution is -2.30. The molecule has 0 atom stereocenters. The van der Waals surface area contributed by atoms with Gasteiger partial charge < -0.3 is 14.5 Å². The second-order valence-corrected chi connectivity index (χ2v) is 12.3. The van der Waals surface area contributed by atoms with Gasteiger partial charge in [0.1, 0.15) is 10.6 Å². The highest BCUT2D eigenvalue weighted by Crippen LogP contribution is 2.37. The van der Waals surface area contributed by atoms with Gasteiger partial charge in [-0.05, 0) is 81.7 Å². The third-order valence-corrected chi connectivity index (χ3v) is 9.44. The van der Waals surface area contributed by atoms with Gasteiger partial charge in [-0.15, -0.1) is 0 Å². The fourth-order valence-corrected chi connectivity index (χ4v) is 6.61. The SMILES string of the molecule is CCCCOc1ccc(S(=O)(=O)c2cnc3ccc(C(=O)C(CC)CC)cc3c2N2CCCN(C)CC2)cc1. The summed E-state index contributed by atoms with van der Waals surface area (Å²) in [5.41, 5.74) is 1.93. The monoisotopic (exact) mass is 551 g/mol. The molecule has 7 nitrogen and oxygen atoms in total. The summed E-state index contributed by atoms with van der Waals surface area (Å²) in [6.07, 6.45) is 5.90. The van der Waals surface area contributed by atoms with E-state index in [-0.39, 0.29) is 21.5 Å². The maximum Gasteiger partial charge on any atom is 0.210 e. The molecule has 210 valence electrons. The van der Waals surface area contributed by atoms with E-state index in [0.717, 1.165) is 51.7 Å². The number of pyridine rings is 1. The van der Waals surface area contributed by atoms with Crippen molar-refractivity contribution in [1.29, 1.82) is 0 Å². The molecule has 1 fully saturated rings. The Morgan fingerprint density at radius 3 is 2.44 bits per heavy atom. The number of benzene rings is 2. The Kier molecular flexibility index (Phi) is 9.62. The summed E-state index contributed by atoms with van der Waals surface area (Å²) in [5.74, 6) is 0.686. The molecule has 0 spiro atoms. The van der Waals surface area contributed by atoms with E-state index in [4.69, 9.17) is 4.74 Å². The first-order valence-corrected chi connectivity index (χ1v) is 15.7. The third-order valence-electron chi connectivity index (χ3n) is 7.67. The molecule has 0 bridgehead atoms. The fourth-order valence-electron chi connectivity index (χ4n) is 5.18. The molecule has 39 heavy (non-hydrogen) atoms. The first-order valence-electron chi connectivity index (χ1n) is 14.2. The standard InChI is InChI=1S/C31H41N3O4S/c1-5-8-20-38-25-11-13-26(14-12-25)39(36,37)29-22-32-28-15-10-24(31(35)23(6-2)7-3)21-27(28)30(29)34-17-9-16-33(4)18-19-34/h10-15,21-23H,5-9,16-20H2,1-4H3. The van der Waals surface area contributed by atoms with Crippen molar-refractivity contribution < 1.29 is 17.9 Å². The molecule has 3 aromatic rings. The predicted molar refractivity (Wildman–Crippen MR) is 157 cm³/mol. The highest BCUT2D eigenvalue weighted by Gasteiger charge is 2.28. The van der Waals surface area contributed by atoms with Crippen LogP contribution in [0.25, 0.3) is 10.9 Å². The normalized spacial score (nSPS) is 15.1. The van der Waals surface area contributed by atoms with Crippen LogP contribution >= 0.6 is 0 Å². The number of hydrogen-bond acceptors (Lipinski definition) is 7. The minimum absolute atomic E-state index is 0.0596. The van der Waals surface area contributed by atoms with Gasteiger partial charge in [-0.2, -0.15) is 0 Å². The topological polar surface area (TPSA) is 79.8 Å². The predicted octanol–water partition coefficient (Wildman–Crippen LogP) is 6.01. The first kappa shape index (κ1) is 29.0. The van der Waals surface area contributed by atoms with Crippen LogP contribution in [0.1, 0.15) is 63.2 Å². The van der Waals surface area contributed by atoms with Crippen LogP contribution in [0.4, 0.5) is 5.69 Å². The van der Waals surface area contributed by atoms with Crippen molar-refractivity contribution in [3.8, 4) is 5.75 Å². The van der Waals surface area contributed by atoms with Gasteiger partial charge in [0, 0.05) is 42.7 Å². The number of aromatic nitrogens is 1. The Bertz CT molecular complexity index is 1380. The molecule has 8 heteroatoms. The number of hydrogen-bond donors (Lipinski definition) is 0. The van der Waals surface area contributed by atoms with Crippen molar-refractivity contribution in [1.82, 2.24) is 9.88 Å². The van der Waals surface area contributed by atoms with Gasteiger partial charge in [-0.1, -0.05) is 27.2 Å². The molecular weight excluding hydrogens is 510 g/mol. The summed E-state index contributed by atoms with van der Waals surface area (Å²) in [6, 6.07) is 12.2. The van der Waals surface area contributed by atoms with Crippen LogP contribution < -0.4 is 9.64 Å². The summed E-state index contributed by atoms with van der Waals surface area (Å²) >= 11 is 0. The molecular formula is C31H41N3O4S. The molecule has 1 aliphatic heterocycles. The van der Waals surface area contributed by atoms with E-state index in [1.807, 2.05) is 32.0 Å². The van der Waals surface area contributed by atoms with Crippen LogP contribution in [0.2, 0.25) is 0 Å². The number of sulfone groups is 1. The summed E-state index contributed by atoms with van der Waals surface area (Å²) < 4.78 is 33.9. The zero-order chi connectivity index (χ0) is 28.0. The van der Waals surface area contributed by atoms with E-state index in [1.54, 1.807) is 24.3 Å². The zero-order valence-corrected chi connectivity index (χ0v) is 24.5. The molecule has 0 radical (unpaired) electrons. The van der Waals surface area contributed by atoms with E-state index in [0.29, 0.717) is 41.1 Å². The van der Waals surface area contributed by atoms with E-state index in [1.165, 1.54) is 6.20 Å².